The largest absolute Gasteiger partial charge is 0.389 e. The van der Waals surface area contributed by atoms with Crippen molar-refractivity contribution in [2.24, 2.45) is 0 Å². The number of aliphatic hydroxyl groups excluding tert-OH is 1. The summed E-state index contributed by atoms with van der Waals surface area (Å²) in [6, 6.07) is 0. The molecule has 0 rings (SSSR count). The van der Waals surface area contributed by atoms with Gasteiger partial charge in [-0.25, -0.2) is 0 Å². The van der Waals surface area contributed by atoms with Crippen LogP contribution in [0.5, 0.6) is 0 Å². The first-order chi connectivity index (χ1) is 9.20. The van der Waals surface area contributed by atoms with E-state index in [4.69, 9.17) is 9.47 Å². The molecule has 6 nitrogen and oxygen atoms in total. The lowest BCUT2D eigenvalue weighted by molar-refractivity contribution is -0.121. The molecule has 0 aliphatic rings. The number of carbonyl (C=O) groups excluding carboxylic acids is 1. The van der Waals surface area contributed by atoms with Crippen molar-refractivity contribution in [2.45, 2.75) is 32.8 Å². The SMILES string of the molecule is CCCNC(=O)CCNCC(O)COCCOCC. The van der Waals surface area contributed by atoms with E-state index in [1.54, 1.807) is 0 Å². The zero-order valence-electron chi connectivity index (χ0n) is 12.1. The zero-order chi connectivity index (χ0) is 14.3. The van der Waals surface area contributed by atoms with E-state index in [9.17, 15) is 9.90 Å². The molecule has 0 bridgehead atoms. The maximum absolute atomic E-state index is 11.3. The summed E-state index contributed by atoms with van der Waals surface area (Å²) in [4.78, 5) is 11.3. The Labute approximate surface area is 115 Å². The highest BCUT2D eigenvalue weighted by molar-refractivity contribution is 5.75. The lowest BCUT2D eigenvalue weighted by atomic mass is 10.3. The highest BCUT2D eigenvalue weighted by atomic mass is 16.5. The Hall–Kier alpha value is -0.690. The molecule has 0 aliphatic carbocycles. The third-order valence-corrected chi connectivity index (χ3v) is 2.37. The van der Waals surface area contributed by atoms with E-state index in [0.717, 1.165) is 13.0 Å². The molecule has 0 aliphatic heterocycles. The van der Waals surface area contributed by atoms with Crippen LogP contribution in [-0.4, -0.2) is 63.2 Å². The minimum atomic E-state index is -0.555. The van der Waals surface area contributed by atoms with Gasteiger partial charge in [0.1, 0.15) is 0 Å². The van der Waals surface area contributed by atoms with Crippen LogP contribution in [-0.2, 0) is 14.3 Å². The van der Waals surface area contributed by atoms with Crippen molar-refractivity contribution in [3.63, 3.8) is 0 Å². The van der Waals surface area contributed by atoms with Gasteiger partial charge in [-0.15, -0.1) is 0 Å². The van der Waals surface area contributed by atoms with E-state index in [1.807, 2.05) is 13.8 Å². The number of amides is 1. The van der Waals surface area contributed by atoms with Gasteiger partial charge in [-0.2, -0.15) is 0 Å². The topological polar surface area (TPSA) is 79.8 Å². The number of carbonyl (C=O) groups is 1. The third kappa shape index (κ3) is 13.5. The Morgan fingerprint density at radius 2 is 1.95 bits per heavy atom. The molecule has 6 heteroatoms. The lowest BCUT2D eigenvalue weighted by Gasteiger charge is -2.12. The highest BCUT2D eigenvalue weighted by Crippen LogP contribution is 1.86. The maximum atomic E-state index is 11.3. The standard InChI is InChI=1S/C13H28N2O4/c1-3-6-15-13(17)5-7-14-10-12(16)11-19-9-8-18-4-2/h12,14,16H,3-11H2,1-2H3,(H,15,17). The Kier molecular flexibility index (Phi) is 13.2. The Morgan fingerprint density at radius 3 is 2.63 bits per heavy atom. The molecule has 19 heavy (non-hydrogen) atoms. The molecule has 0 heterocycles. The van der Waals surface area contributed by atoms with Crippen LogP contribution < -0.4 is 10.6 Å². The van der Waals surface area contributed by atoms with Crippen molar-refractivity contribution in [3.05, 3.63) is 0 Å². The van der Waals surface area contributed by atoms with Gasteiger partial charge in [0.25, 0.3) is 0 Å². The van der Waals surface area contributed by atoms with Gasteiger partial charge in [0.2, 0.25) is 5.91 Å². The van der Waals surface area contributed by atoms with Gasteiger partial charge in [0, 0.05) is 32.7 Å². The fourth-order valence-corrected chi connectivity index (χ4v) is 1.36. The molecule has 0 aromatic rings. The van der Waals surface area contributed by atoms with Gasteiger partial charge in [-0.3, -0.25) is 4.79 Å². The zero-order valence-corrected chi connectivity index (χ0v) is 12.1. The molecule has 1 atom stereocenters. The van der Waals surface area contributed by atoms with Crippen molar-refractivity contribution in [2.75, 3.05) is 46.1 Å². The molecule has 0 radical (unpaired) electrons. The van der Waals surface area contributed by atoms with E-state index >= 15 is 0 Å². The monoisotopic (exact) mass is 276 g/mol. The van der Waals surface area contributed by atoms with E-state index in [0.29, 0.717) is 39.3 Å². The maximum Gasteiger partial charge on any atom is 0.221 e. The van der Waals surface area contributed by atoms with Crippen LogP contribution in [0.2, 0.25) is 0 Å². The van der Waals surface area contributed by atoms with Gasteiger partial charge in [0.05, 0.1) is 25.9 Å². The summed E-state index contributed by atoms with van der Waals surface area (Å²) < 4.78 is 10.3. The predicted molar refractivity (Wildman–Crippen MR) is 74.1 cm³/mol. The number of aliphatic hydroxyl groups is 1. The van der Waals surface area contributed by atoms with Crippen LogP contribution in [0.4, 0.5) is 0 Å². The Bertz CT molecular complexity index is 215. The second-order valence-electron chi connectivity index (χ2n) is 4.23. The molecule has 1 unspecified atom stereocenters. The molecule has 1 amide bonds. The first-order valence-corrected chi connectivity index (χ1v) is 7.01. The molecule has 0 aromatic carbocycles. The summed E-state index contributed by atoms with van der Waals surface area (Å²) in [7, 11) is 0. The second kappa shape index (κ2) is 13.7. The van der Waals surface area contributed by atoms with E-state index < -0.39 is 6.10 Å². The fourth-order valence-electron chi connectivity index (χ4n) is 1.36. The Balaban J connectivity index is 3.28. The summed E-state index contributed by atoms with van der Waals surface area (Å²) in [5.41, 5.74) is 0. The summed E-state index contributed by atoms with van der Waals surface area (Å²) in [6.07, 6.45) is 0.815. The van der Waals surface area contributed by atoms with Crippen LogP contribution in [0.15, 0.2) is 0 Å². The van der Waals surface area contributed by atoms with E-state index in [2.05, 4.69) is 10.6 Å². The van der Waals surface area contributed by atoms with Crippen molar-refractivity contribution >= 4 is 5.91 Å². The highest BCUT2D eigenvalue weighted by Gasteiger charge is 2.04. The fraction of sp³-hybridized carbons (Fsp3) is 0.923. The summed E-state index contributed by atoms with van der Waals surface area (Å²) in [5, 5.41) is 15.4. The van der Waals surface area contributed by atoms with E-state index in [1.165, 1.54) is 0 Å². The average molecular weight is 276 g/mol. The molecule has 0 saturated heterocycles. The van der Waals surface area contributed by atoms with Crippen molar-refractivity contribution in [1.82, 2.24) is 10.6 Å². The summed E-state index contributed by atoms with van der Waals surface area (Å²) in [6.45, 7) is 7.64. The predicted octanol–water partition coefficient (Wildman–Crippen LogP) is -0.0937. The number of rotatable bonds is 13. The molecule has 0 spiro atoms. The van der Waals surface area contributed by atoms with Gasteiger partial charge in [0.15, 0.2) is 0 Å². The molecule has 0 fully saturated rings. The van der Waals surface area contributed by atoms with Crippen LogP contribution in [0.3, 0.4) is 0 Å². The molecule has 114 valence electrons. The van der Waals surface area contributed by atoms with Crippen molar-refractivity contribution < 1.29 is 19.4 Å². The third-order valence-electron chi connectivity index (χ3n) is 2.37. The van der Waals surface area contributed by atoms with Crippen LogP contribution in [0.1, 0.15) is 26.7 Å². The summed E-state index contributed by atoms with van der Waals surface area (Å²) in [5.74, 6) is 0.0387. The number of ether oxygens (including phenoxy) is 2. The normalized spacial score (nSPS) is 12.4. The van der Waals surface area contributed by atoms with E-state index in [-0.39, 0.29) is 12.5 Å². The van der Waals surface area contributed by atoms with Crippen LogP contribution >= 0.6 is 0 Å². The minimum absolute atomic E-state index is 0.0387. The van der Waals surface area contributed by atoms with Crippen molar-refractivity contribution in [1.29, 1.82) is 0 Å². The number of hydrogen-bond donors (Lipinski definition) is 3. The van der Waals surface area contributed by atoms with Gasteiger partial charge in [-0.05, 0) is 13.3 Å². The minimum Gasteiger partial charge on any atom is -0.389 e. The molecule has 3 N–H and O–H groups in total. The number of hydrogen-bond acceptors (Lipinski definition) is 5. The first-order valence-electron chi connectivity index (χ1n) is 7.01. The average Bonchev–Trinajstić information content (AvgIpc) is 2.41. The lowest BCUT2D eigenvalue weighted by Crippen LogP contribution is -2.34. The molecule has 0 saturated carbocycles. The second-order valence-corrected chi connectivity index (χ2v) is 4.23. The first kappa shape index (κ1) is 18.3. The van der Waals surface area contributed by atoms with Crippen LogP contribution in [0.25, 0.3) is 0 Å². The van der Waals surface area contributed by atoms with Crippen molar-refractivity contribution in [3.8, 4) is 0 Å². The molecular formula is C13H28N2O4. The van der Waals surface area contributed by atoms with Gasteiger partial charge in [-0.1, -0.05) is 6.92 Å². The molecular weight excluding hydrogens is 248 g/mol. The van der Waals surface area contributed by atoms with Gasteiger partial charge >= 0.3 is 0 Å². The van der Waals surface area contributed by atoms with Gasteiger partial charge < -0.3 is 25.2 Å². The molecule has 0 aromatic heterocycles. The quantitative estimate of drug-likeness (QED) is 0.410. The smallest absolute Gasteiger partial charge is 0.221 e. The number of nitrogens with one attached hydrogen (secondary N) is 2. The summed E-state index contributed by atoms with van der Waals surface area (Å²) >= 11 is 0. The Morgan fingerprint density at radius 1 is 1.21 bits per heavy atom. The van der Waals surface area contributed by atoms with Crippen LogP contribution in [0, 0.1) is 0 Å².